The van der Waals surface area contributed by atoms with Gasteiger partial charge in [-0.1, -0.05) is 45.8 Å². The number of hydrogen-bond acceptors (Lipinski definition) is 5. The minimum Gasteiger partial charge on any atom is -0.382 e. The van der Waals surface area contributed by atoms with Gasteiger partial charge in [0.25, 0.3) is 5.91 Å². The van der Waals surface area contributed by atoms with Gasteiger partial charge in [-0.2, -0.15) is 5.26 Å². The van der Waals surface area contributed by atoms with Crippen molar-refractivity contribution in [1.82, 2.24) is 9.97 Å². The number of hydrogen-bond donors (Lipinski definition) is 2. The molecule has 39 heavy (non-hydrogen) atoms. The SMILES string of the molecule is CC[C@@]12CCCC[C@@](COC)(C[C@H](c3ccc(NC(=O)c4ncc(C#N)[nH]4)c(C4=CCC(C)(C)CC4)c3)C1)O2. The third-order valence-electron chi connectivity index (χ3n) is 9.23. The normalized spacial score (nSPS) is 28.2. The lowest BCUT2D eigenvalue weighted by molar-refractivity contribution is -0.212. The van der Waals surface area contributed by atoms with Crippen molar-refractivity contribution in [3.8, 4) is 6.07 Å². The number of nitrogens with zero attached hydrogens (tertiary/aromatic N) is 2. The number of amides is 1. The summed E-state index contributed by atoms with van der Waals surface area (Å²) in [7, 11) is 1.78. The van der Waals surface area contributed by atoms with Crippen LogP contribution in [0.1, 0.15) is 118 Å². The van der Waals surface area contributed by atoms with Crippen molar-refractivity contribution >= 4 is 17.2 Å². The maximum Gasteiger partial charge on any atom is 0.291 e. The topological polar surface area (TPSA) is 100 Å². The number of fused-ring (bicyclic) bond motifs is 2. The van der Waals surface area contributed by atoms with E-state index in [1.54, 1.807) is 7.11 Å². The van der Waals surface area contributed by atoms with Gasteiger partial charge >= 0.3 is 0 Å². The number of carbonyl (C=O) groups is 1. The third kappa shape index (κ3) is 5.83. The average Bonchev–Trinajstić information content (AvgIpc) is 3.37. The number of imidazole rings is 1. The van der Waals surface area contributed by atoms with E-state index in [0.717, 1.165) is 62.6 Å². The Hall–Kier alpha value is -2.95. The highest BCUT2D eigenvalue weighted by Gasteiger charge is 2.50. The molecule has 5 rings (SSSR count). The average molecular weight is 531 g/mol. The number of nitriles is 1. The van der Waals surface area contributed by atoms with E-state index in [4.69, 9.17) is 14.7 Å². The molecule has 2 saturated heterocycles. The summed E-state index contributed by atoms with van der Waals surface area (Å²) < 4.78 is 12.7. The highest BCUT2D eigenvalue weighted by molar-refractivity contribution is 6.03. The molecule has 0 unspecified atom stereocenters. The Kier molecular flexibility index (Phi) is 7.72. The molecule has 3 heterocycles. The molecule has 0 saturated carbocycles. The third-order valence-corrected chi connectivity index (χ3v) is 9.23. The van der Waals surface area contributed by atoms with Gasteiger partial charge < -0.3 is 19.8 Å². The van der Waals surface area contributed by atoms with E-state index in [1.807, 2.05) is 6.07 Å². The Morgan fingerprint density at radius 2 is 2.00 bits per heavy atom. The smallest absolute Gasteiger partial charge is 0.291 e. The summed E-state index contributed by atoms with van der Waals surface area (Å²) in [5.74, 6) is 0.155. The Labute approximate surface area is 232 Å². The van der Waals surface area contributed by atoms with Crippen LogP contribution < -0.4 is 5.32 Å². The number of aromatic nitrogens is 2. The summed E-state index contributed by atoms with van der Waals surface area (Å²) in [6, 6.07) is 8.54. The fourth-order valence-electron chi connectivity index (χ4n) is 6.95. The largest absolute Gasteiger partial charge is 0.382 e. The molecule has 0 spiro atoms. The van der Waals surface area contributed by atoms with Gasteiger partial charge in [0.15, 0.2) is 5.82 Å². The summed E-state index contributed by atoms with van der Waals surface area (Å²) in [5, 5.41) is 12.2. The zero-order valence-electron chi connectivity index (χ0n) is 23.9. The van der Waals surface area contributed by atoms with Crippen molar-refractivity contribution in [2.45, 2.75) is 102 Å². The first-order chi connectivity index (χ1) is 18.7. The molecule has 7 nitrogen and oxygen atoms in total. The molecule has 1 aromatic carbocycles. The molecule has 2 bridgehead atoms. The second-order valence-corrected chi connectivity index (χ2v) is 12.7. The highest BCUT2D eigenvalue weighted by atomic mass is 16.6. The molecule has 7 heteroatoms. The standard InChI is InChI=1S/C32H42N4O3/c1-5-31-12-6-7-13-32(39-31,21-38-4)18-24(17-31)23-8-9-27(36-29(37)28-34-20-25(19-33)35-28)26(16-23)22-10-14-30(2,3)15-11-22/h8-10,16,20,24H,5-7,11-15,17-18,21H2,1-4H3,(H,34,35)(H,36,37)/t24-,31-,32+/m1/s1. The van der Waals surface area contributed by atoms with Gasteiger partial charge in [-0.15, -0.1) is 0 Å². The molecular formula is C32H42N4O3. The fourth-order valence-corrected chi connectivity index (χ4v) is 6.95. The zero-order valence-corrected chi connectivity index (χ0v) is 23.9. The van der Waals surface area contributed by atoms with Crippen LogP contribution >= 0.6 is 0 Å². The number of anilines is 1. The van der Waals surface area contributed by atoms with Crippen LogP contribution in [0, 0.1) is 16.7 Å². The second kappa shape index (κ2) is 10.9. The number of aromatic amines is 1. The number of H-pyrrole nitrogens is 1. The van der Waals surface area contributed by atoms with Gasteiger partial charge in [0, 0.05) is 18.4 Å². The first-order valence-corrected chi connectivity index (χ1v) is 14.5. The van der Waals surface area contributed by atoms with Crippen molar-refractivity contribution in [1.29, 1.82) is 5.26 Å². The molecule has 3 atom stereocenters. The van der Waals surface area contributed by atoms with Gasteiger partial charge in [-0.3, -0.25) is 4.79 Å². The van der Waals surface area contributed by atoms with E-state index >= 15 is 0 Å². The Morgan fingerprint density at radius 1 is 1.23 bits per heavy atom. The van der Waals surface area contributed by atoms with E-state index < -0.39 is 0 Å². The van der Waals surface area contributed by atoms with Gasteiger partial charge in [-0.25, -0.2) is 4.98 Å². The number of rotatable bonds is 7. The minimum absolute atomic E-state index is 0.114. The van der Waals surface area contributed by atoms with Crippen LogP contribution in [0.25, 0.3) is 5.57 Å². The van der Waals surface area contributed by atoms with Crippen molar-refractivity contribution in [2.75, 3.05) is 19.0 Å². The number of nitrogens with one attached hydrogen (secondary N) is 2. The van der Waals surface area contributed by atoms with E-state index in [-0.39, 0.29) is 34.0 Å². The van der Waals surface area contributed by atoms with Crippen LogP contribution in [0.3, 0.4) is 0 Å². The molecule has 208 valence electrons. The molecule has 1 amide bonds. The summed E-state index contributed by atoms with van der Waals surface area (Å²) in [5.41, 5.74) is 4.65. The summed E-state index contributed by atoms with van der Waals surface area (Å²) >= 11 is 0. The predicted octanol–water partition coefficient (Wildman–Crippen LogP) is 7.13. The van der Waals surface area contributed by atoms with Gasteiger partial charge in [0.05, 0.1) is 24.0 Å². The van der Waals surface area contributed by atoms with Crippen molar-refractivity contribution in [2.24, 2.45) is 5.41 Å². The second-order valence-electron chi connectivity index (χ2n) is 12.7. The molecule has 1 aromatic heterocycles. The van der Waals surface area contributed by atoms with Crippen LogP contribution in [0.5, 0.6) is 0 Å². The van der Waals surface area contributed by atoms with Crippen LogP contribution in [-0.4, -0.2) is 40.8 Å². The maximum atomic E-state index is 13.1. The quantitative estimate of drug-likeness (QED) is 0.397. The zero-order chi connectivity index (χ0) is 27.7. The minimum atomic E-state index is -0.344. The first-order valence-electron chi connectivity index (χ1n) is 14.5. The van der Waals surface area contributed by atoms with Crippen molar-refractivity contribution in [3.63, 3.8) is 0 Å². The molecular weight excluding hydrogens is 488 g/mol. The Bertz CT molecular complexity index is 1290. The number of methoxy groups -OCH3 is 1. The Morgan fingerprint density at radius 3 is 2.67 bits per heavy atom. The van der Waals surface area contributed by atoms with Gasteiger partial charge in [0.1, 0.15) is 11.8 Å². The fraction of sp³-hybridized carbons (Fsp3) is 0.594. The van der Waals surface area contributed by atoms with Crippen molar-refractivity contribution < 1.29 is 14.3 Å². The molecule has 2 fully saturated rings. The molecule has 1 aliphatic carbocycles. The van der Waals surface area contributed by atoms with Crippen LogP contribution in [0.4, 0.5) is 5.69 Å². The van der Waals surface area contributed by atoms with Gasteiger partial charge in [0.2, 0.25) is 0 Å². The van der Waals surface area contributed by atoms with Crippen molar-refractivity contribution in [3.05, 3.63) is 53.1 Å². The number of benzene rings is 1. The van der Waals surface area contributed by atoms with E-state index in [1.165, 1.54) is 30.2 Å². The Balaban J connectivity index is 1.51. The molecule has 2 N–H and O–H groups in total. The lowest BCUT2D eigenvalue weighted by atomic mass is 9.72. The van der Waals surface area contributed by atoms with Crippen LogP contribution in [0.15, 0.2) is 30.5 Å². The summed E-state index contributed by atoms with van der Waals surface area (Å²) in [6.07, 6.45) is 14.3. The molecule has 2 aromatic rings. The van der Waals surface area contributed by atoms with Crippen LogP contribution in [0.2, 0.25) is 0 Å². The van der Waals surface area contributed by atoms with Crippen LogP contribution in [-0.2, 0) is 9.47 Å². The van der Waals surface area contributed by atoms with E-state index in [9.17, 15) is 4.79 Å². The molecule has 0 radical (unpaired) electrons. The van der Waals surface area contributed by atoms with E-state index in [2.05, 4.69) is 60.3 Å². The van der Waals surface area contributed by atoms with Gasteiger partial charge in [-0.05, 0) is 86.0 Å². The van der Waals surface area contributed by atoms with E-state index in [0.29, 0.717) is 12.5 Å². The lowest BCUT2D eigenvalue weighted by Gasteiger charge is -2.50. The predicted molar refractivity (Wildman–Crippen MR) is 152 cm³/mol. The monoisotopic (exact) mass is 530 g/mol. The lowest BCUT2D eigenvalue weighted by Crippen LogP contribution is -2.51. The molecule has 2 aliphatic heterocycles. The summed E-state index contributed by atoms with van der Waals surface area (Å²) in [4.78, 5) is 19.9. The highest BCUT2D eigenvalue weighted by Crippen LogP contribution is 2.52. The number of allylic oxidation sites excluding steroid dienone is 2. The number of ether oxygens (including phenoxy) is 2. The summed E-state index contributed by atoms with van der Waals surface area (Å²) in [6.45, 7) is 7.51. The molecule has 3 aliphatic rings. The maximum absolute atomic E-state index is 13.1. The first kappa shape index (κ1) is 27.6. The number of carbonyl (C=O) groups excluding carboxylic acids is 1.